The highest BCUT2D eigenvalue weighted by Crippen LogP contribution is 2.32. The van der Waals surface area contributed by atoms with Crippen LogP contribution in [0.2, 0.25) is 0 Å². The molecule has 1 aromatic rings. The Balaban J connectivity index is 2.34. The van der Waals surface area contributed by atoms with E-state index in [4.69, 9.17) is 10.3 Å². The summed E-state index contributed by atoms with van der Waals surface area (Å²) < 4.78 is 65.3. The average Bonchev–Trinajstić information content (AvgIpc) is 2.66. The number of benzene rings is 1. The highest BCUT2D eigenvalue weighted by Gasteiger charge is 2.34. The number of nitrogens with zero attached hydrogens (tertiary/aromatic N) is 1. The Morgan fingerprint density at radius 3 is 2.50 bits per heavy atom. The maximum Gasteiger partial charge on any atom is 0.302 e. The third-order valence-corrected chi connectivity index (χ3v) is 4.95. The largest absolute Gasteiger partial charge is 0.397 e. The van der Waals surface area contributed by atoms with Crippen LogP contribution >= 0.6 is 0 Å². The molecule has 0 radical (unpaired) electrons. The van der Waals surface area contributed by atoms with Crippen LogP contribution in [-0.4, -0.2) is 39.6 Å². The van der Waals surface area contributed by atoms with Crippen LogP contribution in [0.25, 0.3) is 0 Å². The summed E-state index contributed by atoms with van der Waals surface area (Å²) in [4.78, 5) is 12.6. The minimum absolute atomic E-state index is 0.0267. The molecule has 1 heterocycles. The summed E-state index contributed by atoms with van der Waals surface area (Å²) in [6, 6.07) is 3.28. The highest BCUT2D eigenvalue weighted by molar-refractivity contribution is 7.86. The molecule has 1 aromatic carbocycles. The van der Waals surface area contributed by atoms with Crippen molar-refractivity contribution in [2.75, 3.05) is 22.9 Å². The molecule has 122 valence electrons. The van der Waals surface area contributed by atoms with Gasteiger partial charge in [-0.05, 0) is 18.2 Å². The number of carbonyl (C=O) groups excluding carboxylic acids is 1. The molecule has 0 bridgehead atoms. The smallest absolute Gasteiger partial charge is 0.302 e. The third-order valence-electron chi connectivity index (χ3n) is 3.23. The van der Waals surface area contributed by atoms with Crippen molar-refractivity contribution in [1.29, 1.82) is 0 Å². The Bertz CT molecular complexity index is 821. The van der Waals surface area contributed by atoms with Gasteiger partial charge in [0.05, 0.1) is 22.0 Å². The second-order valence-electron chi connectivity index (χ2n) is 4.98. The van der Waals surface area contributed by atoms with Gasteiger partial charge < -0.3 is 10.6 Å². The number of anilines is 2. The lowest BCUT2D eigenvalue weighted by Gasteiger charge is -2.19. The van der Waals surface area contributed by atoms with Crippen molar-refractivity contribution in [2.24, 2.45) is 5.92 Å². The maximum atomic E-state index is 12.7. The van der Waals surface area contributed by atoms with Crippen LogP contribution in [0.5, 0.6) is 0 Å². The molecule has 0 aliphatic carbocycles. The lowest BCUT2D eigenvalue weighted by molar-refractivity contribution is -0.117. The van der Waals surface area contributed by atoms with E-state index in [0.29, 0.717) is 0 Å². The standard InChI is InChI=1S/C11H13FN2O6S2/c12-21(16,17)6-7-3-11(15)14(5-7)10-4-8(22(18,19)20)1-2-9(10)13/h1-2,4,7H,3,5-6,13H2,(H,18,19,20). The van der Waals surface area contributed by atoms with Crippen LogP contribution in [0.4, 0.5) is 15.3 Å². The van der Waals surface area contributed by atoms with Gasteiger partial charge in [0.25, 0.3) is 10.1 Å². The average molecular weight is 352 g/mol. The van der Waals surface area contributed by atoms with Crippen LogP contribution in [0.15, 0.2) is 23.1 Å². The Kier molecular flexibility index (Phi) is 4.15. The number of amides is 1. The molecular weight excluding hydrogens is 339 g/mol. The van der Waals surface area contributed by atoms with E-state index in [1.54, 1.807) is 0 Å². The first-order valence-electron chi connectivity index (χ1n) is 6.07. The van der Waals surface area contributed by atoms with Crippen LogP contribution in [0.3, 0.4) is 0 Å². The van der Waals surface area contributed by atoms with Gasteiger partial charge in [-0.25, -0.2) is 0 Å². The van der Waals surface area contributed by atoms with E-state index in [2.05, 4.69) is 0 Å². The number of hydrogen-bond donors (Lipinski definition) is 2. The SMILES string of the molecule is Nc1ccc(S(=O)(=O)O)cc1N1CC(CS(=O)(=O)F)CC1=O. The molecule has 1 aliphatic rings. The first-order valence-corrected chi connectivity index (χ1v) is 9.06. The van der Waals surface area contributed by atoms with Crippen molar-refractivity contribution in [2.45, 2.75) is 11.3 Å². The van der Waals surface area contributed by atoms with Gasteiger partial charge in [0.2, 0.25) is 5.91 Å². The minimum atomic E-state index is -4.72. The Morgan fingerprint density at radius 1 is 1.32 bits per heavy atom. The van der Waals surface area contributed by atoms with Gasteiger partial charge in [0.1, 0.15) is 0 Å². The molecule has 1 amide bonds. The van der Waals surface area contributed by atoms with E-state index in [1.165, 1.54) is 6.07 Å². The summed E-state index contributed by atoms with van der Waals surface area (Å²) in [7, 11) is -9.20. The lowest BCUT2D eigenvalue weighted by atomic mass is 10.1. The molecule has 0 aromatic heterocycles. The van der Waals surface area contributed by atoms with E-state index in [9.17, 15) is 25.5 Å². The van der Waals surface area contributed by atoms with Crippen molar-refractivity contribution in [3.63, 3.8) is 0 Å². The Morgan fingerprint density at radius 2 is 1.95 bits per heavy atom. The monoisotopic (exact) mass is 352 g/mol. The minimum Gasteiger partial charge on any atom is -0.397 e. The summed E-state index contributed by atoms with van der Waals surface area (Å²) in [5.41, 5.74) is 5.79. The van der Waals surface area contributed by atoms with Crippen LogP contribution in [0.1, 0.15) is 6.42 Å². The Hall–Kier alpha value is -1.72. The summed E-state index contributed by atoms with van der Waals surface area (Å²) in [6.45, 7) is -0.110. The van der Waals surface area contributed by atoms with E-state index in [1.807, 2.05) is 0 Å². The third kappa shape index (κ3) is 3.72. The fourth-order valence-corrected chi connectivity index (χ4v) is 3.61. The normalized spacial score (nSPS) is 19.6. The fraction of sp³-hybridized carbons (Fsp3) is 0.364. The van der Waals surface area contributed by atoms with Gasteiger partial charge in [0, 0.05) is 18.9 Å². The van der Waals surface area contributed by atoms with Gasteiger partial charge in [0.15, 0.2) is 0 Å². The van der Waals surface area contributed by atoms with Crippen molar-refractivity contribution < 1.29 is 30.1 Å². The van der Waals surface area contributed by atoms with E-state index < -0.39 is 42.8 Å². The molecule has 1 saturated heterocycles. The molecule has 2 rings (SSSR count). The molecule has 1 atom stereocenters. The number of nitrogens with two attached hydrogens (primary N) is 1. The fourth-order valence-electron chi connectivity index (χ4n) is 2.33. The molecule has 1 unspecified atom stereocenters. The van der Waals surface area contributed by atoms with Gasteiger partial charge >= 0.3 is 10.2 Å². The molecule has 8 nitrogen and oxygen atoms in total. The number of rotatable bonds is 4. The van der Waals surface area contributed by atoms with Gasteiger partial charge in [-0.1, -0.05) is 0 Å². The molecule has 11 heteroatoms. The molecular formula is C11H13FN2O6S2. The topological polar surface area (TPSA) is 135 Å². The van der Waals surface area contributed by atoms with Crippen LogP contribution < -0.4 is 10.6 Å². The van der Waals surface area contributed by atoms with Crippen molar-refractivity contribution in [3.05, 3.63) is 18.2 Å². The molecule has 1 fully saturated rings. The zero-order chi connectivity index (χ0) is 16.7. The van der Waals surface area contributed by atoms with E-state index in [0.717, 1.165) is 17.0 Å². The van der Waals surface area contributed by atoms with Crippen molar-refractivity contribution in [1.82, 2.24) is 0 Å². The van der Waals surface area contributed by atoms with Crippen LogP contribution in [-0.2, 0) is 25.1 Å². The first-order chi connectivity index (χ1) is 9.97. The molecule has 1 aliphatic heterocycles. The summed E-state index contributed by atoms with van der Waals surface area (Å²) >= 11 is 0. The lowest BCUT2D eigenvalue weighted by Crippen LogP contribution is -2.26. The quantitative estimate of drug-likeness (QED) is 0.448. The molecule has 0 spiro atoms. The van der Waals surface area contributed by atoms with Gasteiger partial charge in [-0.2, -0.15) is 16.8 Å². The predicted octanol–water partition coefficient (Wildman–Crippen LogP) is 0.168. The van der Waals surface area contributed by atoms with Crippen molar-refractivity contribution >= 4 is 37.6 Å². The zero-order valence-corrected chi connectivity index (χ0v) is 12.8. The Labute approximate surface area is 126 Å². The van der Waals surface area contributed by atoms with Gasteiger partial charge in [-0.3, -0.25) is 9.35 Å². The van der Waals surface area contributed by atoms with E-state index >= 15 is 0 Å². The number of nitrogen functional groups attached to an aromatic ring is 1. The molecule has 3 N–H and O–H groups in total. The zero-order valence-electron chi connectivity index (χ0n) is 11.1. The van der Waals surface area contributed by atoms with Gasteiger partial charge in [-0.15, -0.1) is 3.89 Å². The van der Waals surface area contributed by atoms with Crippen LogP contribution in [0, 0.1) is 5.92 Å². The molecule has 22 heavy (non-hydrogen) atoms. The second kappa shape index (κ2) is 5.48. The summed E-state index contributed by atoms with van der Waals surface area (Å²) in [6.07, 6.45) is -0.196. The number of carbonyl (C=O) groups is 1. The first kappa shape index (κ1) is 16.6. The predicted molar refractivity (Wildman–Crippen MR) is 76.0 cm³/mol. The summed E-state index contributed by atoms with van der Waals surface area (Å²) in [5.74, 6) is -2.06. The second-order valence-corrected chi connectivity index (χ2v) is 7.81. The highest BCUT2D eigenvalue weighted by atomic mass is 32.3. The molecule has 0 saturated carbocycles. The number of hydrogen-bond acceptors (Lipinski definition) is 6. The summed E-state index contributed by atoms with van der Waals surface area (Å²) in [5, 5.41) is 0. The van der Waals surface area contributed by atoms with Crippen molar-refractivity contribution in [3.8, 4) is 0 Å². The number of halogens is 1. The maximum absolute atomic E-state index is 12.7. The van der Waals surface area contributed by atoms with E-state index in [-0.39, 0.29) is 24.3 Å².